The van der Waals surface area contributed by atoms with Gasteiger partial charge in [0.1, 0.15) is 0 Å². The predicted octanol–water partition coefficient (Wildman–Crippen LogP) is 7.25. The second-order valence-electron chi connectivity index (χ2n) is 8.43. The Kier molecular flexibility index (Phi) is 27.6. The first-order valence-corrected chi connectivity index (χ1v) is 9.08. The largest absolute Gasteiger partial charge is 0.857 e. The molecular weight excluding hydrogens is 356 g/mol. The molecule has 0 unspecified atom stereocenters. The average Bonchev–Trinajstić information content (AvgIpc) is 2.68. The van der Waals surface area contributed by atoms with Gasteiger partial charge in [-0.05, 0) is 8.32 Å². The second-order valence-corrected chi connectivity index (χ2v) is 14.3. The van der Waals surface area contributed by atoms with Crippen molar-refractivity contribution in [3.05, 3.63) is 61.4 Å². The minimum Gasteiger partial charge on any atom is -0.857 e. The Hall–Kier alpha value is 0.371. The fourth-order valence-corrected chi connectivity index (χ4v) is 10.5. The third-order valence-corrected chi connectivity index (χ3v) is 10.1. The van der Waals surface area contributed by atoms with Crippen molar-refractivity contribution in [2.24, 2.45) is 0 Å². The SMILES string of the molecule is CC(C)(C)[Si]([O-])(C(C)(C)C)C(C)(C)C.[C-]1=CC=CC1.[CH3-].[CH3-].[CH3-].[CH3-].[CH3-].[Ti]. The summed E-state index contributed by atoms with van der Waals surface area (Å²) in [5.41, 5.74) is 0. The third-order valence-electron chi connectivity index (χ3n) is 3.75. The molecular formula is C22H47OSiTi-7. The number of hydrogen-bond donors (Lipinski definition) is 0. The topological polar surface area (TPSA) is 23.1 Å². The molecule has 1 aliphatic carbocycles. The fraction of sp³-hybridized carbons (Fsp3) is 0.591. The van der Waals surface area contributed by atoms with E-state index < -0.39 is 8.32 Å². The summed E-state index contributed by atoms with van der Waals surface area (Å²) in [7, 11) is -2.60. The molecule has 0 bridgehead atoms. The molecule has 0 aromatic carbocycles. The van der Waals surface area contributed by atoms with Crippen LogP contribution in [0.15, 0.2) is 18.2 Å². The van der Waals surface area contributed by atoms with Gasteiger partial charge in [-0.3, -0.25) is 6.08 Å². The van der Waals surface area contributed by atoms with Crippen LogP contribution in [0.4, 0.5) is 0 Å². The first kappa shape index (κ1) is 44.6. The van der Waals surface area contributed by atoms with E-state index in [9.17, 15) is 4.80 Å². The second kappa shape index (κ2) is 15.4. The van der Waals surface area contributed by atoms with Gasteiger partial charge in [-0.1, -0.05) is 77.4 Å². The van der Waals surface area contributed by atoms with E-state index in [2.05, 4.69) is 74.5 Å². The standard InChI is InChI=1S/C12H27OSi.C5H5.5CH3.Ti/c1-10(2,3)14(13,11(4,5)6)12(7,8)9;1-2-4-5-3-1;;;;;;/h1-9H3;1-3H,4H2;5*1H3;/q7*-1;. The van der Waals surface area contributed by atoms with Crippen molar-refractivity contribution >= 4 is 8.32 Å². The van der Waals surface area contributed by atoms with E-state index in [0.29, 0.717) is 0 Å². The molecule has 0 aliphatic heterocycles. The van der Waals surface area contributed by atoms with Gasteiger partial charge in [-0.25, -0.2) is 12.2 Å². The number of hydrogen-bond acceptors (Lipinski definition) is 1. The van der Waals surface area contributed by atoms with E-state index in [0.717, 1.165) is 6.42 Å². The molecule has 0 saturated carbocycles. The van der Waals surface area contributed by atoms with Crippen LogP contribution in [0, 0.1) is 43.2 Å². The third kappa shape index (κ3) is 11.6. The Labute approximate surface area is 179 Å². The molecule has 1 rings (SSSR count). The minimum atomic E-state index is -2.60. The van der Waals surface area contributed by atoms with Crippen LogP contribution < -0.4 is 4.80 Å². The van der Waals surface area contributed by atoms with Gasteiger partial charge in [0.15, 0.2) is 0 Å². The Morgan fingerprint density at radius 3 is 1.04 bits per heavy atom. The van der Waals surface area contributed by atoms with Gasteiger partial charge in [-0.2, -0.15) is 6.08 Å². The van der Waals surface area contributed by atoms with E-state index in [1.165, 1.54) is 0 Å². The van der Waals surface area contributed by atoms with Crippen molar-refractivity contribution < 1.29 is 26.5 Å². The van der Waals surface area contributed by atoms with Gasteiger partial charge in [0, 0.05) is 21.7 Å². The van der Waals surface area contributed by atoms with Crippen LogP contribution >= 0.6 is 0 Å². The van der Waals surface area contributed by atoms with Gasteiger partial charge >= 0.3 is 0 Å². The van der Waals surface area contributed by atoms with Crippen LogP contribution in [-0.2, 0) is 21.7 Å². The molecule has 156 valence electrons. The van der Waals surface area contributed by atoms with Crippen LogP contribution in [0.3, 0.4) is 0 Å². The normalized spacial score (nSPS) is 12.4. The predicted molar refractivity (Wildman–Crippen MR) is 119 cm³/mol. The molecule has 0 radical (unpaired) electrons. The van der Waals surface area contributed by atoms with E-state index in [1.54, 1.807) is 0 Å². The molecule has 0 fully saturated rings. The van der Waals surface area contributed by atoms with Gasteiger partial charge in [0.05, 0.1) is 0 Å². The first-order chi connectivity index (χ1) is 8.25. The van der Waals surface area contributed by atoms with Crippen molar-refractivity contribution in [1.82, 2.24) is 0 Å². The first-order valence-electron chi connectivity index (χ1n) is 7.17. The van der Waals surface area contributed by atoms with Crippen molar-refractivity contribution in [2.45, 2.75) is 83.8 Å². The Balaban J connectivity index is -0.0000000515. The van der Waals surface area contributed by atoms with Crippen LogP contribution in [0.1, 0.15) is 68.7 Å². The van der Waals surface area contributed by atoms with Crippen LogP contribution in [0.25, 0.3) is 0 Å². The minimum absolute atomic E-state index is 0. The summed E-state index contributed by atoms with van der Waals surface area (Å²) in [4.78, 5) is 13.3. The van der Waals surface area contributed by atoms with Crippen molar-refractivity contribution in [3.63, 3.8) is 0 Å². The Morgan fingerprint density at radius 2 is 1.00 bits per heavy atom. The fourth-order valence-electron chi connectivity index (χ4n) is 3.72. The summed E-state index contributed by atoms with van der Waals surface area (Å²) in [5, 5.41) is -0.281. The molecule has 0 N–H and O–H groups in total. The van der Waals surface area contributed by atoms with Crippen molar-refractivity contribution in [2.75, 3.05) is 0 Å². The summed E-state index contributed by atoms with van der Waals surface area (Å²) >= 11 is 0. The molecule has 0 aromatic rings. The van der Waals surface area contributed by atoms with E-state index in [4.69, 9.17) is 0 Å². The van der Waals surface area contributed by atoms with E-state index in [1.807, 2.05) is 12.2 Å². The summed E-state index contributed by atoms with van der Waals surface area (Å²) in [6, 6.07) is 0. The molecule has 0 heterocycles. The van der Waals surface area contributed by atoms with E-state index >= 15 is 0 Å². The maximum atomic E-state index is 13.3. The van der Waals surface area contributed by atoms with Gasteiger partial charge in [-0.15, -0.1) is 6.42 Å². The zero-order valence-corrected chi connectivity index (χ0v) is 22.4. The van der Waals surface area contributed by atoms with Crippen molar-refractivity contribution in [3.8, 4) is 0 Å². The number of allylic oxidation sites excluding steroid dienone is 4. The smallest absolute Gasteiger partial charge is 0 e. The maximum Gasteiger partial charge on any atom is 0 e. The molecule has 0 aromatic heterocycles. The molecule has 0 atom stereocenters. The van der Waals surface area contributed by atoms with E-state index in [-0.39, 0.29) is 74.0 Å². The summed E-state index contributed by atoms with van der Waals surface area (Å²) in [6.07, 6.45) is 10.0. The van der Waals surface area contributed by atoms with Gasteiger partial charge < -0.3 is 41.9 Å². The molecule has 0 amide bonds. The van der Waals surface area contributed by atoms with Crippen LogP contribution in [0.5, 0.6) is 0 Å². The quantitative estimate of drug-likeness (QED) is 0.309. The van der Waals surface area contributed by atoms with Crippen LogP contribution in [0.2, 0.25) is 15.1 Å². The molecule has 3 heteroatoms. The maximum absolute atomic E-state index is 13.3. The zero-order valence-electron chi connectivity index (χ0n) is 19.8. The monoisotopic (exact) mass is 403 g/mol. The molecule has 0 saturated heterocycles. The molecule has 25 heavy (non-hydrogen) atoms. The Bertz CT molecular complexity index is 292. The zero-order chi connectivity index (χ0) is 15.5. The summed E-state index contributed by atoms with van der Waals surface area (Å²) < 4.78 is 0. The van der Waals surface area contributed by atoms with Crippen molar-refractivity contribution in [1.29, 1.82) is 0 Å². The average molecular weight is 404 g/mol. The number of rotatable bonds is 0. The van der Waals surface area contributed by atoms with Gasteiger partial charge in [0.2, 0.25) is 0 Å². The molecule has 0 spiro atoms. The Morgan fingerprint density at radius 1 is 0.720 bits per heavy atom. The molecule has 1 nitrogen and oxygen atoms in total. The van der Waals surface area contributed by atoms with Gasteiger partial charge in [0.25, 0.3) is 0 Å². The summed E-state index contributed by atoms with van der Waals surface area (Å²) in [6.45, 7) is 19.0. The van der Waals surface area contributed by atoms with Crippen LogP contribution in [-0.4, -0.2) is 8.32 Å². The summed E-state index contributed by atoms with van der Waals surface area (Å²) in [5.74, 6) is 0. The molecule has 1 aliphatic rings.